The van der Waals surface area contributed by atoms with Crippen molar-refractivity contribution in [2.45, 2.75) is 0 Å². The summed E-state index contributed by atoms with van der Waals surface area (Å²) in [6, 6.07) is 56.9. The first-order valence-corrected chi connectivity index (χ1v) is 14.8. The van der Waals surface area contributed by atoms with E-state index in [0.29, 0.717) is 0 Å². The van der Waals surface area contributed by atoms with E-state index in [2.05, 4.69) is 146 Å². The Balaban J connectivity index is 1.30. The van der Waals surface area contributed by atoms with E-state index in [-0.39, 0.29) is 0 Å². The summed E-state index contributed by atoms with van der Waals surface area (Å²) in [5.74, 6) is 0. The monoisotopic (exact) mass is 546 g/mol. The maximum Gasteiger partial charge on any atom is 0.135 e. The molecular formula is C42H26O. The topological polar surface area (TPSA) is 13.1 Å². The quantitative estimate of drug-likeness (QED) is 0.201. The molecule has 1 nitrogen and oxygen atoms in total. The predicted octanol–water partition coefficient (Wildman–Crippen LogP) is 12.0. The normalized spacial score (nSPS) is 11.7. The molecule has 8 aromatic carbocycles. The number of hydrogen-bond acceptors (Lipinski definition) is 1. The molecule has 0 fully saturated rings. The molecule has 0 aliphatic carbocycles. The highest BCUT2D eigenvalue weighted by Gasteiger charge is 2.18. The van der Waals surface area contributed by atoms with Crippen molar-refractivity contribution in [2.75, 3.05) is 0 Å². The largest absolute Gasteiger partial charge is 0.456 e. The molecule has 43 heavy (non-hydrogen) atoms. The van der Waals surface area contributed by atoms with Crippen LogP contribution in [0.15, 0.2) is 162 Å². The number of para-hydroxylation sites is 1. The highest BCUT2D eigenvalue weighted by atomic mass is 16.3. The second kappa shape index (κ2) is 9.44. The van der Waals surface area contributed by atoms with Gasteiger partial charge >= 0.3 is 0 Å². The molecule has 0 saturated carbocycles. The van der Waals surface area contributed by atoms with Crippen LogP contribution in [-0.4, -0.2) is 0 Å². The minimum Gasteiger partial charge on any atom is -0.456 e. The number of furan rings is 1. The van der Waals surface area contributed by atoms with Gasteiger partial charge in [0.1, 0.15) is 11.2 Å². The molecule has 0 bridgehead atoms. The van der Waals surface area contributed by atoms with Crippen molar-refractivity contribution in [3.05, 3.63) is 158 Å². The van der Waals surface area contributed by atoms with Crippen LogP contribution in [0, 0.1) is 0 Å². The lowest BCUT2D eigenvalue weighted by Crippen LogP contribution is -1.91. The summed E-state index contributed by atoms with van der Waals surface area (Å²) >= 11 is 0. The Bertz CT molecular complexity index is 2460. The van der Waals surface area contributed by atoms with Crippen LogP contribution in [0.2, 0.25) is 0 Å². The maximum atomic E-state index is 6.17. The van der Waals surface area contributed by atoms with Crippen molar-refractivity contribution in [1.29, 1.82) is 0 Å². The van der Waals surface area contributed by atoms with Gasteiger partial charge in [0.2, 0.25) is 0 Å². The van der Waals surface area contributed by atoms with Gasteiger partial charge in [-0.2, -0.15) is 0 Å². The average Bonchev–Trinajstić information content (AvgIpc) is 3.45. The van der Waals surface area contributed by atoms with Gasteiger partial charge in [-0.3, -0.25) is 0 Å². The molecule has 1 heterocycles. The Morgan fingerprint density at radius 1 is 0.279 bits per heavy atom. The third-order valence-corrected chi connectivity index (χ3v) is 8.83. The van der Waals surface area contributed by atoms with E-state index in [1.807, 2.05) is 12.1 Å². The van der Waals surface area contributed by atoms with E-state index in [0.717, 1.165) is 21.9 Å². The van der Waals surface area contributed by atoms with Gasteiger partial charge in [-0.25, -0.2) is 0 Å². The van der Waals surface area contributed by atoms with Crippen LogP contribution in [0.4, 0.5) is 0 Å². The summed E-state index contributed by atoms with van der Waals surface area (Å²) in [6.07, 6.45) is 0. The van der Waals surface area contributed by atoms with E-state index in [1.54, 1.807) is 0 Å². The van der Waals surface area contributed by atoms with Gasteiger partial charge in [0.05, 0.1) is 0 Å². The summed E-state index contributed by atoms with van der Waals surface area (Å²) in [4.78, 5) is 0. The smallest absolute Gasteiger partial charge is 0.135 e. The van der Waals surface area contributed by atoms with Gasteiger partial charge in [0.25, 0.3) is 0 Å². The lowest BCUT2D eigenvalue weighted by Gasteiger charge is -2.18. The first-order valence-electron chi connectivity index (χ1n) is 14.8. The Kier molecular flexibility index (Phi) is 5.27. The molecule has 0 spiro atoms. The van der Waals surface area contributed by atoms with Crippen molar-refractivity contribution in [3.8, 4) is 33.4 Å². The van der Waals surface area contributed by atoms with E-state index in [9.17, 15) is 0 Å². The molecule has 0 amide bonds. The summed E-state index contributed by atoms with van der Waals surface area (Å²) in [5.41, 5.74) is 9.24. The Labute approximate surface area is 249 Å². The highest BCUT2D eigenvalue weighted by Crippen LogP contribution is 2.45. The number of fused-ring (bicyclic) bond motifs is 6. The van der Waals surface area contributed by atoms with Crippen LogP contribution in [0.3, 0.4) is 0 Å². The second-order valence-corrected chi connectivity index (χ2v) is 11.3. The SMILES string of the molecule is c1cc(-c2ccc3ccccc3c2)cc(-c2c3ccccc3c(-c3ccc4oc5ccccc5c4c3)c3ccccc23)c1. The first-order chi connectivity index (χ1) is 21.3. The van der Waals surface area contributed by atoms with Gasteiger partial charge in [0, 0.05) is 10.8 Å². The molecule has 0 aliphatic rings. The van der Waals surface area contributed by atoms with Crippen LogP contribution >= 0.6 is 0 Å². The number of rotatable bonds is 3. The highest BCUT2D eigenvalue weighted by molar-refractivity contribution is 6.22. The molecule has 9 aromatic rings. The minimum absolute atomic E-state index is 0.917. The van der Waals surface area contributed by atoms with Gasteiger partial charge in [-0.1, -0.05) is 127 Å². The van der Waals surface area contributed by atoms with Crippen LogP contribution in [0.5, 0.6) is 0 Å². The summed E-state index contributed by atoms with van der Waals surface area (Å²) in [5, 5.41) is 9.82. The zero-order valence-electron chi connectivity index (χ0n) is 23.4. The second-order valence-electron chi connectivity index (χ2n) is 11.3. The van der Waals surface area contributed by atoms with E-state index >= 15 is 0 Å². The van der Waals surface area contributed by atoms with E-state index < -0.39 is 0 Å². The predicted molar refractivity (Wildman–Crippen MR) is 183 cm³/mol. The van der Waals surface area contributed by atoms with E-state index in [1.165, 1.54) is 65.7 Å². The molecule has 0 aliphatic heterocycles. The fourth-order valence-electron chi connectivity index (χ4n) is 6.86. The fraction of sp³-hybridized carbons (Fsp3) is 0. The molecule has 0 atom stereocenters. The Morgan fingerprint density at radius 3 is 1.51 bits per heavy atom. The minimum atomic E-state index is 0.917. The Hall–Kier alpha value is -5.66. The molecule has 1 heteroatoms. The molecule has 9 rings (SSSR count). The molecule has 1 aromatic heterocycles. The Morgan fingerprint density at radius 2 is 0.791 bits per heavy atom. The van der Waals surface area contributed by atoms with Crippen LogP contribution in [0.1, 0.15) is 0 Å². The van der Waals surface area contributed by atoms with Crippen LogP contribution < -0.4 is 0 Å². The van der Waals surface area contributed by atoms with Crippen molar-refractivity contribution in [1.82, 2.24) is 0 Å². The standard InChI is InChI=1S/C42H26O/c1-2-11-28-24-30(21-20-27(28)10-1)29-12-9-13-31(25-29)41-34-15-3-5-17-36(34)42(37-18-6-4-16-35(37)41)32-22-23-40-38(26-32)33-14-7-8-19-39(33)43-40/h1-26H. The molecule has 0 N–H and O–H groups in total. The van der Waals surface area contributed by atoms with Crippen molar-refractivity contribution in [3.63, 3.8) is 0 Å². The summed E-state index contributed by atoms with van der Waals surface area (Å²) < 4.78 is 6.17. The summed E-state index contributed by atoms with van der Waals surface area (Å²) in [6.45, 7) is 0. The zero-order chi connectivity index (χ0) is 28.3. The van der Waals surface area contributed by atoms with Crippen molar-refractivity contribution in [2.24, 2.45) is 0 Å². The fourth-order valence-corrected chi connectivity index (χ4v) is 6.86. The van der Waals surface area contributed by atoms with Gasteiger partial charge in [-0.05, 0) is 96.0 Å². The molecular weight excluding hydrogens is 520 g/mol. The maximum absolute atomic E-state index is 6.17. The summed E-state index contributed by atoms with van der Waals surface area (Å²) in [7, 11) is 0. The van der Waals surface area contributed by atoms with Crippen molar-refractivity contribution < 1.29 is 4.42 Å². The lowest BCUT2D eigenvalue weighted by atomic mass is 9.85. The number of benzene rings is 8. The van der Waals surface area contributed by atoms with E-state index in [4.69, 9.17) is 4.42 Å². The zero-order valence-corrected chi connectivity index (χ0v) is 23.4. The lowest BCUT2D eigenvalue weighted by molar-refractivity contribution is 0.669. The molecule has 200 valence electrons. The average molecular weight is 547 g/mol. The molecule has 0 radical (unpaired) electrons. The van der Waals surface area contributed by atoms with Crippen molar-refractivity contribution >= 4 is 54.3 Å². The van der Waals surface area contributed by atoms with Gasteiger partial charge in [-0.15, -0.1) is 0 Å². The third kappa shape index (κ3) is 3.79. The van der Waals surface area contributed by atoms with Crippen LogP contribution in [0.25, 0.3) is 87.6 Å². The first kappa shape index (κ1) is 24.0. The van der Waals surface area contributed by atoms with Gasteiger partial charge in [0.15, 0.2) is 0 Å². The third-order valence-electron chi connectivity index (χ3n) is 8.83. The van der Waals surface area contributed by atoms with Crippen LogP contribution in [-0.2, 0) is 0 Å². The van der Waals surface area contributed by atoms with Gasteiger partial charge < -0.3 is 4.42 Å². The number of hydrogen-bond donors (Lipinski definition) is 0. The molecule has 0 saturated heterocycles. The molecule has 0 unspecified atom stereocenters.